The minimum atomic E-state index is -0.463. The van der Waals surface area contributed by atoms with E-state index in [9.17, 15) is 4.79 Å². The van der Waals surface area contributed by atoms with Crippen LogP contribution in [-0.4, -0.2) is 5.78 Å². The van der Waals surface area contributed by atoms with Gasteiger partial charge < -0.3 is 0 Å². The molecule has 0 spiro atoms. The van der Waals surface area contributed by atoms with E-state index in [1.807, 2.05) is 43.3 Å². The summed E-state index contributed by atoms with van der Waals surface area (Å²) in [5, 5.41) is 0. The molecule has 0 saturated carbocycles. The Hall–Kier alpha value is -5.01. The molecule has 1 aliphatic carbocycles. The summed E-state index contributed by atoms with van der Waals surface area (Å²) in [6, 6.07) is 49.2. The Kier molecular flexibility index (Phi) is 11.2. The summed E-state index contributed by atoms with van der Waals surface area (Å²) in [4.78, 5) is 13.3. The summed E-state index contributed by atoms with van der Waals surface area (Å²) in [5.41, 5.74) is 16.4. The molecule has 7 rings (SSSR count). The number of ketones is 1. The lowest BCUT2D eigenvalue weighted by atomic mass is 9.67. The maximum Gasteiger partial charge on any atom is 0.193 e. The maximum atomic E-state index is 13.3. The minimum Gasteiger partial charge on any atom is -0.289 e. The molecule has 1 heteroatoms. The smallest absolute Gasteiger partial charge is 0.193 e. The van der Waals surface area contributed by atoms with E-state index in [1.54, 1.807) is 0 Å². The summed E-state index contributed by atoms with van der Waals surface area (Å²) in [6.45, 7) is 8.82. The van der Waals surface area contributed by atoms with Crippen LogP contribution in [-0.2, 0) is 18.3 Å². The van der Waals surface area contributed by atoms with Crippen molar-refractivity contribution in [1.82, 2.24) is 0 Å². The summed E-state index contributed by atoms with van der Waals surface area (Å²) >= 11 is 0. The number of fused-ring (bicyclic) bond motifs is 3. The van der Waals surface area contributed by atoms with E-state index in [-0.39, 0.29) is 5.78 Å². The van der Waals surface area contributed by atoms with Crippen LogP contribution in [0.3, 0.4) is 0 Å². The van der Waals surface area contributed by atoms with Crippen LogP contribution in [0.5, 0.6) is 0 Å². The number of carbonyl (C=O) groups excluding carboxylic acids is 1. The molecule has 268 valence electrons. The average molecular weight is 695 g/mol. The van der Waals surface area contributed by atoms with Gasteiger partial charge in [0.2, 0.25) is 0 Å². The van der Waals surface area contributed by atoms with Gasteiger partial charge in [0.15, 0.2) is 5.78 Å². The first kappa shape index (κ1) is 36.4. The third-order valence-electron chi connectivity index (χ3n) is 11.5. The van der Waals surface area contributed by atoms with Crippen LogP contribution in [0.2, 0.25) is 0 Å². The average Bonchev–Trinajstić information content (AvgIpc) is 3.48. The van der Waals surface area contributed by atoms with E-state index in [2.05, 4.69) is 118 Å². The molecule has 0 aliphatic heterocycles. The molecule has 6 aromatic rings. The topological polar surface area (TPSA) is 17.1 Å². The van der Waals surface area contributed by atoms with Gasteiger partial charge >= 0.3 is 0 Å². The van der Waals surface area contributed by atoms with E-state index in [1.165, 1.54) is 101 Å². The molecule has 6 aromatic carbocycles. The number of benzene rings is 6. The van der Waals surface area contributed by atoms with E-state index >= 15 is 0 Å². The monoisotopic (exact) mass is 694 g/mol. The summed E-state index contributed by atoms with van der Waals surface area (Å²) in [6.07, 6.45) is 12.4. The fourth-order valence-corrected chi connectivity index (χ4v) is 8.45. The Balaban J connectivity index is 1.33. The van der Waals surface area contributed by atoms with Crippen molar-refractivity contribution in [2.75, 3.05) is 0 Å². The van der Waals surface area contributed by atoms with Crippen LogP contribution in [0.25, 0.3) is 22.3 Å². The number of rotatable bonds is 15. The Bertz CT molecular complexity index is 2090. The van der Waals surface area contributed by atoms with Gasteiger partial charge in [-0.15, -0.1) is 0 Å². The quantitative estimate of drug-likeness (QED) is 0.0771. The zero-order valence-corrected chi connectivity index (χ0v) is 32.2. The number of hydrogen-bond donors (Lipinski definition) is 0. The van der Waals surface area contributed by atoms with Crippen LogP contribution in [0.4, 0.5) is 0 Å². The molecule has 0 N–H and O–H groups in total. The van der Waals surface area contributed by atoms with Crippen LogP contribution >= 0.6 is 0 Å². The first-order valence-electron chi connectivity index (χ1n) is 20.1. The molecule has 0 atom stereocenters. The molecule has 1 aliphatic rings. The summed E-state index contributed by atoms with van der Waals surface area (Å²) in [7, 11) is 0. The Morgan fingerprint density at radius 3 is 1.43 bits per heavy atom. The molecule has 0 radical (unpaired) electrons. The second-order valence-electron chi connectivity index (χ2n) is 15.3. The molecule has 1 nitrogen and oxygen atoms in total. The molecule has 0 unspecified atom stereocenters. The second-order valence-corrected chi connectivity index (χ2v) is 15.3. The first-order valence-corrected chi connectivity index (χ1v) is 20.1. The lowest BCUT2D eigenvalue weighted by Crippen LogP contribution is -2.28. The van der Waals surface area contributed by atoms with Gasteiger partial charge in [0.05, 0.1) is 5.41 Å². The van der Waals surface area contributed by atoms with Gasteiger partial charge in [-0.25, -0.2) is 0 Å². The van der Waals surface area contributed by atoms with Gasteiger partial charge in [-0.05, 0) is 101 Å². The SMILES string of the molecule is CCCCCCc1ccc(C2(c3ccc(CCCCCC)cc3)c3cc(C)ccc3-c3ccc(-c4ccc(C(=O)c5ccc(C)cc5)cc4)cc32)cc1. The van der Waals surface area contributed by atoms with Gasteiger partial charge in [-0.1, -0.05) is 191 Å². The van der Waals surface area contributed by atoms with Gasteiger partial charge in [0.25, 0.3) is 0 Å². The van der Waals surface area contributed by atoms with E-state index in [0.29, 0.717) is 5.56 Å². The van der Waals surface area contributed by atoms with Crippen molar-refractivity contribution in [1.29, 1.82) is 0 Å². The Labute approximate surface area is 318 Å². The predicted molar refractivity (Wildman–Crippen MR) is 224 cm³/mol. The van der Waals surface area contributed by atoms with Crippen molar-refractivity contribution in [2.45, 2.75) is 97.3 Å². The van der Waals surface area contributed by atoms with Crippen LogP contribution in [0.15, 0.2) is 133 Å². The molecule has 53 heavy (non-hydrogen) atoms. The maximum absolute atomic E-state index is 13.3. The number of carbonyl (C=O) groups is 1. The van der Waals surface area contributed by atoms with Crippen LogP contribution in [0.1, 0.15) is 126 Å². The zero-order chi connectivity index (χ0) is 36.8. The van der Waals surface area contributed by atoms with Gasteiger partial charge in [0, 0.05) is 11.1 Å². The van der Waals surface area contributed by atoms with E-state index in [4.69, 9.17) is 0 Å². The minimum absolute atomic E-state index is 0.0537. The third kappa shape index (κ3) is 7.45. The summed E-state index contributed by atoms with van der Waals surface area (Å²) in [5.74, 6) is 0.0537. The second kappa shape index (κ2) is 16.3. The molecule has 0 amide bonds. The largest absolute Gasteiger partial charge is 0.289 e. The predicted octanol–water partition coefficient (Wildman–Crippen LogP) is 13.8. The Morgan fingerprint density at radius 2 is 0.906 bits per heavy atom. The summed E-state index contributed by atoms with van der Waals surface area (Å²) < 4.78 is 0. The van der Waals surface area contributed by atoms with Crippen molar-refractivity contribution in [3.63, 3.8) is 0 Å². The molecule has 0 bridgehead atoms. The molecule has 0 saturated heterocycles. The normalized spacial score (nSPS) is 12.8. The number of unbranched alkanes of at least 4 members (excludes halogenated alkanes) is 6. The molecule has 0 fully saturated rings. The highest BCUT2D eigenvalue weighted by Gasteiger charge is 2.46. The lowest BCUT2D eigenvalue weighted by molar-refractivity contribution is 0.103. The molecule has 0 heterocycles. The van der Waals surface area contributed by atoms with Gasteiger partial charge in [-0.3, -0.25) is 4.79 Å². The fourth-order valence-electron chi connectivity index (χ4n) is 8.45. The van der Waals surface area contributed by atoms with Crippen molar-refractivity contribution in [3.05, 3.63) is 189 Å². The number of hydrogen-bond acceptors (Lipinski definition) is 1. The fraction of sp³-hybridized carbons (Fsp3) is 0.288. The number of aryl methyl sites for hydroxylation is 4. The van der Waals surface area contributed by atoms with E-state index < -0.39 is 5.41 Å². The van der Waals surface area contributed by atoms with Gasteiger partial charge in [0.1, 0.15) is 0 Å². The van der Waals surface area contributed by atoms with Crippen molar-refractivity contribution in [2.24, 2.45) is 0 Å². The first-order chi connectivity index (χ1) is 25.9. The Morgan fingerprint density at radius 1 is 0.453 bits per heavy atom. The van der Waals surface area contributed by atoms with Crippen molar-refractivity contribution in [3.8, 4) is 22.3 Å². The lowest BCUT2D eigenvalue weighted by Gasteiger charge is -2.34. The van der Waals surface area contributed by atoms with Gasteiger partial charge in [-0.2, -0.15) is 0 Å². The highest BCUT2D eigenvalue weighted by atomic mass is 16.1. The zero-order valence-electron chi connectivity index (χ0n) is 32.2. The molecular weight excluding hydrogens is 641 g/mol. The molecular formula is C52H54O. The third-order valence-corrected chi connectivity index (χ3v) is 11.5. The van der Waals surface area contributed by atoms with Crippen molar-refractivity contribution >= 4 is 5.78 Å². The highest BCUT2D eigenvalue weighted by molar-refractivity contribution is 6.09. The standard InChI is InChI=1S/C52H54O/c1-5-7-9-11-13-39-18-29-45(30-19-39)52(46-31-20-40(21-32-46)14-12-10-8-6-2)49-35-38(4)17-33-47(49)48-34-28-44(36-50(48)52)41-24-26-43(27-25-41)51(53)42-22-15-37(3)16-23-42/h15-36H,5-14H2,1-4H3. The highest BCUT2D eigenvalue weighted by Crippen LogP contribution is 2.57. The van der Waals surface area contributed by atoms with Crippen LogP contribution < -0.4 is 0 Å². The van der Waals surface area contributed by atoms with Crippen LogP contribution in [0, 0.1) is 13.8 Å². The molecule has 0 aromatic heterocycles. The van der Waals surface area contributed by atoms with Crippen molar-refractivity contribution < 1.29 is 4.79 Å². The van der Waals surface area contributed by atoms with E-state index in [0.717, 1.165) is 35.1 Å².